The average Bonchev–Trinajstić information content (AvgIpc) is 3.37. The zero-order valence-electron chi connectivity index (χ0n) is 19.4. The zero-order chi connectivity index (χ0) is 27.5. The van der Waals surface area contributed by atoms with Crippen molar-refractivity contribution in [3.05, 3.63) is 59.8 Å². The van der Waals surface area contributed by atoms with Gasteiger partial charge in [-0.15, -0.1) is 0 Å². The molecule has 4 N–H and O–H groups in total. The van der Waals surface area contributed by atoms with E-state index in [0.717, 1.165) is 12.1 Å². The summed E-state index contributed by atoms with van der Waals surface area (Å²) in [6.45, 7) is 0. The van der Waals surface area contributed by atoms with E-state index < -0.39 is 54.4 Å². The maximum Gasteiger partial charge on any atom is 0.416 e. The minimum absolute atomic E-state index is 0.0314. The number of aliphatic hydroxyl groups is 3. The van der Waals surface area contributed by atoms with Crippen molar-refractivity contribution in [3.63, 3.8) is 0 Å². The molecule has 5 rings (SSSR count). The second kappa shape index (κ2) is 9.09. The smallest absolute Gasteiger partial charge is 0.416 e. The van der Waals surface area contributed by atoms with Crippen molar-refractivity contribution in [2.75, 3.05) is 0 Å². The summed E-state index contributed by atoms with van der Waals surface area (Å²) in [6, 6.07) is 8.84. The fourth-order valence-electron chi connectivity index (χ4n) is 4.40. The predicted octanol–water partition coefficient (Wildman–Crippen LogP) is 1.59. The SMILES string of the molecule is Cn1cc2c3cc(C(=O)O[C@@H]4O[C@H](C(=O)O)[C@@H](O)[C@H](O)[C@H]4O)ccc3n(-c3ccc(C(F)(F)F)cc3)c2n1. The fraction of sp³-hybridized carbons (Fsp3) is 0.292. The van der Waals surface area contributed by atoms with Crippen LogP contribution in [0, 0.1) is 0 Å². The van der Waals surface area contributed by atoms with Gasteiger partial charge >= 0.3 is 18.1 Å². The molecule has 0 spiro atoms. The molecule has 1 aliphatic heterocycles. The highest BCUT2D eigenvalue weighted by molar-refractivity contribution is 6.10. The van der Waals surface area contributed by atoms with Gasteiger partial charge in [0, 0.05) is 29.7 Å². The number of carbonyl (C=O) groups excluding carboxylic acids is 1. The van der Waals surface area contributed by atoms with E-state index in [2.05, 4.69) is 5.10 Å². The van der Waals surface area contributed by atoms with Gasteiger partial charge in [-0.25, -0.2) is 9.59 Å². The molecular formula is C24H20F3N3O8. The van der Waals surface area contributed by atoms with Crippen molar-refractivity contribution in [3.8, 4) is 5.69 Å². The number of rotatable bonds is 4. The van der Waals surface area contributed by atoms with Crippen LogP contribution in [0.4, 0.5) is 13.2 Å². The van der Waals surface area contributed by atoms with Crippen LogP contribution in [0.15, 0.2) is 48.7 Å². The van der Waals surface area contributed by atoms with Crippen molar-refractivity contribution in [1.29, 1.82) is 0 Å². The molecule has 200 valence electrons. The van der Waals surface area contributed by atoms with Crippen molar-refractivity contribution in [1.82, 2.24) is 14.3 Å². The van der Waals surface area contributed by atoms with Gasteiger partial charge in [-0.05, 0) is 42.5 Å². The number of aryl methyl sites for hydroxylation is 1. The number of ether oxygens (including phenoxy) is 2. The van der Waals surface area contributed by atoms with Crippen LogP contribution in [0.2, 0.25) is 0 Å². The highest BCUT2D eigenvalue weighted by atomic mass is 19.4. The summed E-state index contributed by atoms with van der Waals surface area (Å²) in [5.41, 5.74) is 0.502. The molecule has 0 unspecified atom stereocenters. The number of esters is 1. The lowest BCUT2D eigenvalue weighted by Crippen LogP contribution is -2.60. The fourth-order valence-corrected chi connectivity index (χ4v) is 4.40. The number of carboxylic acids is 1. The van der Waals surface area contributed by atoms with Crippen LogP contribution < -0.4 is 0 Å². The molecular weight excluding hydrogens is 515 g/mol. The number of fused-ring (bicyclic) bond motifs is 3. The van der Waals surface area contributed by atoms with Gasteiger partial charge in [-0.3, -0.25) is 9.25 Å². The normalized spacial score (nSPS) is 24.1. The molecule has 2 aromatic carbocycles. The number of halogens is 3. The lowest BCUT2D eigenvalue weighted by atomic mass is 9.99. The maximum absolute atomic E-state index is 13.0. The van der Waals surface area contributed by atoms with E-state index in [9.17, 15) is 38.1 Å². The number of benzene rings is 2. The lowest BCUT2D eigenvalue weighted by molar-refractivity contribution is -0.278. The van der Waals surface area contributed by atoms with E-state index in [1.165, 1.54) is 35.0 Å². The van der Waals surface area contributed by atoms with E-state index in [-0.39, 0.29) is 5.56 Å². The third kappa shape index (κ3) is 4.26. The Hall–Kier alpha value is -3.98. The van der Waals surface area contributed by atoms with E-state index in [0.29, 0.717) is 27.6 Å². The Kier molecular flexibility index (Phi) is 6.14. The molecule has 5 atom stereocenters. The van der Waals surface area contributed by atoms with Gasteiger partial charge < -0.3 is 29.9 Å². The Morgan fingerprint density at radius 3 is 2.32 bits per heavy atom. The number of alkyl halides is 3. The minimum atomic E-state index is -4.50. The standard InChI is InChI=1S/C24H20F3N3O8/c1-29-9-14-13-8-10(22(36)38-23-18(33)16(31)17(32)19(37-23)21(34)35)2-7-15(13)30(20(14)28-29)12-5-3-11(4-6-12)24(25,26)27/h2-9,16-19,23,31-33H,1H3,(H,34,35)/t16-,17-,18+,19-,23-/m0/s1. The summed E-state index contributed by atoms with van der Waals surface area (Å²) < 4.78 is 52.3. The molecule has 14 heteroatoms. The summed E-state index contributed by atoms with van der Waals surface area (Å²) in [6.07, 6.45) is -12.5. The number of aliphatic hydroxyl groups excluding tert-OH is 3. The minimum Gasteiger partial charge on any atom is -0.479 e. The Labute approximate surface area is 210 Å². The molecule has 2 aromatic heterocycles. The van der Waals surface area contributed by atoms with Gasteiger partial charge in [-0.2, -0.15) is 18.3 Å². The van der Waals surface area contributed by atoms with Gasteiger partial charge in [0.2, 0.25) is 6.29 Å². The highest BCUT2D eigenvalue weighted by Gasteiger charge is 2.48. The highest BCUT2D eigenvalue weighted by Crippen LogP contribution is 2.34. The second-order valence-corrected chi connectivity index (χ2v) is 8.79. The number of carbonyl (C=O) groups is 2. The largest absolute Gasteiger partial charge is 0.479 e. The molecule has 4 aromatic rings. The van der Waals surface area contributed by atoms with Gasteiger partial charge in [0.15, 0.2) is 11.8 Å². The molecule has 1 aliphatic rings. The van der Waals surface area contributed by atoms with Crippen molar-refractivity contribution < 1.29 is 52.7 Å². The number of aromatic nitrogens is 3. The Morgan fingerprint density at radius 1 is 1.00 bits per heavy atom. The molecule has 1 fully saturated rings. The first-order valence-corrected chi connectivity index (χ1v) is 11.2. The number of aliphatic carboxylic acids is 1. The Bertz CT molecular complexity index is 1550. The molecule has 0 radical (unpaired) electrons. The van der Waals surface area contributed by atoms with Crippen LogP contribution in [-0.2, 0) is 27.5 Å². The van der Waals surface area contributed by atoms with Gasteiger partial charge in [0.1, 0.15) is 18.3 Å². The van der Waals surface area contributed by atoms with E-state index >= 15 is 0 Å². The van der Waals surface area contributed by atoms with Gasteiger partial charge in [0.25, 0.3) is 0 Å². The second-order valence-electron chi connectivity index (χ2n) is 8.79. The summed E-state index contributed by atoms with van der Waals surface area (Å²) in [4.78, 5) is 24.2. The summed E-state index contributed by atoms with van der Waals surface area (Å²) >= 11 is 0. The maximum atomic E-state index is 13.0. The molecule has 11 nitrogen and oxygen atoms in total. The molecule has 38 heavy (non-hydrogen) atoms. The van der Waals surface area contributed by atoms with Crippen molar-refractivity contribution in [2.24, 2.45) is 7.05 Å². The van der Waals surface area contributed by atoms with E-state index in [4.69, 9.17) is 14.6 Å². The number of carboxylic acid groups (broad SMARTS) is 1. The van der Waals surface area contributed by atoms with Crippen LogP contribution in [0.25, 0.3) is 27.6 Å². The molecule has 0 saturated carbocycles. The summed E-state index contributed by atoms with van der Waals surface area (Å²) in [7, 11) is 1.65. The number of nitrogens with zero attached hydrogens (tertiary/aromatic N) is 3. The van der Waals surface area contributed by atoms with E-state index in [1.54, 1.807) is 17.8 Å². The topological polar surface area (TPSA) is 156 Å². The van der Waals surface area contributed by atoms with Crippen LogP contribution in [0.1, 0.15) is 15.9 Å². The third-order valence-electron chi connectivity index (χ3n) is 6.27. The summed E-state index contributed by atoms with van der Waals surface area (Å²) in [5, 5.41) is 44.5. The van der Waals surface area contributed by atoms with Gasteiger partial charge in [0.05, 0.1) is 16.6 Å². The molecule has 0 amide bonds. The number of hydrogen-bond acceptors (Lipinski definition) is 8. The van der Waals surface area contributed by atoms with Crippen LogP contribution in [-0.4, -0.2) is 77.4 Å². The monoisotopic (exact) mass is 535 g/mol. The molecule has 0 bridgehead atoms. The first kappa shape index (κ1) is 25.7. The summed E-state index contributed by atoms with van der Waals surface area (Å²) in [5.74, 6) is -2.66. The van der Waals surface area contributed by atoms with Gasteiger partial charge in [-0.1, -0.05) is 0 Å². The first-order chi connectivity index (χ1) is 17.9. The number of hydrogen-bond donors (Lipinski definition) is 4. The van der Waals surface area contributed by atoms with Crippen molar-refractivity contribution in [2.45, 2.75) is 36.9 Å². The Morgan fingerprint density at radius 2 is 1.68 bits per heavy atom. The third-order valence-corrected chi connectivity index (χ3v) is 6.27. The molecule has 3 heterocycles. The average molecular weight is 535 g/mol. The van der Waals surface area contributed by atoms with Crippen molar-refractivity contribution >= 4 is 33.9 Å². The molecule has 1 saturated heterocycles. The van der Waals surface area contributed by atoms with Crippen LogP contribution in [0.5, 0.6) is 0 Å². The first-order valence-electron chi connectivity index (χ1n) is 11.2. The zero-order valence-corrected chi connectivity index (χ0v) is 19.4. The van der Waals surface area contributed by atoms with Crippen LogP contribution >= 0.6 is 0 Å². The van der Waals surface area contributed by atoms with Crippen LogP contribution in [0.3, 0.4) is 0 Å². The quantitative estimate of drug-likeness (QED) is 0.285. The predicted molar refractivity (Wildman–Crippen MR) is 122 cm³/mol. The Balaban J connectivity index is 1.51. The van der Waals surface area contributed by atoms with E-state index in [1.807, 2.05) is 0 Å². The molecule has 0 aliphatic carbocycles. The lowest BCUT2D eigenvalue weighted by Gasteiger charge is -2.37.